The quantitative estimate of drug-likeness (QED) is 0.798. The van der Waals surface area contributed by atoms with E-state index in [2.05, 4.69) is 12.2 Å². The molecule has 0 bridgehead atoms. The van der Waals surface area contributed by atoms with E-state index in [0.29, 0.717) is 5.56 Å². The molecule has 0 aliphatic carbocycles. The van der Waals surface area contributed by atoms with Crippen LogP contribution in [0.3, 0.4) is 0 Å². The minimum atomic E-state index is -0.259. The third kappa shape index (κ3) is 2.39. The van der Waals surface area contributed by atoms with Crippen molar-refractivity contribution in [2.75, 3.05) is 13.1 Å². The van der Waals surface area contributed by atoms with Gasteiger partial charge in [-0.05, 0) is 62.0 Å². The summed E-state index contributed by atoms with van der Waals surface area (Å²) in [5.74, 6) is -0.246. The Kier molecular flexibility index (Phi) is 3.29. The molecule has 1 heterocycles. The minimum Gasteiger partial charge on any atom is -0.317 e. The van der Waals surface area contributed by atoms with Gasteiger partial charge in [-0.1, -0.05) is 6.92 Å². The number of benzene rings is 1. The number of rotatable bonds is 2. The summed E-state index contributed by atoms with van der Waals surface area (Å²) in [7, 11) is 0. The molecule has 1 aliphatic rings. The first-order chi connectivity index (χ1) is 8.03. The van der Waals surface area contributed by atoms with E-state index >= 15 is 0 Å². The van der Waals surface area contributed by atoms with Gasteiger partial charge in [0.25, 0.3) is 0 Å². The van der Waals surface area contributed by atoms with Crippen LogP contribution in [0.15, 0.2) is 18.2 Å². The number of halogens is 1. The first-order valence-corrected chi connectivity index (χ1v) is 6.05. The van der Waals surface area contributed by atoms with Gasteiger partial charge in [-0.25, -0.2) is 4.39 Å². The molecule has 0 saturated carbocycles. The molecule has 1 aliphatic heterocycles. The first kappa shape index (κ1) is 12.2. The second-order valence-corrected chi connectivity index (χ2v) is 5.06. The van der Waals surface area contributed by atoms with Gasteiger partial charge in [0.15, 0.2) is 5.78 Å². The third-order valence-corrected chi connectivity index (χ3v) is 3.72. The molecule has 17 heavy (non-hydrogen) atoms. The second-order valence-electron chi connectivity index (χ2n) is 5.06. The molecule has 0 aromatic heterocycles. The average molecular weight is 235 g/mol. The molecule has 2 nitrogen and oxygen atoms in total. The summed E-state index contributed by atoms with van der Waals surface area (Å²) >= 11 is 0. The number of piperidine rings is 1. The van der Waals surface area contributed by atoms with Crippen molar-refractivity contribution in [3.8, 4) is 0 Å². The Balaban J connectivity index is 2.48. The average Bonchev–Trinajstić information content (AvgIpc) is 2.29. The zero-order valence-electron chi connectivity index (χ0n) is 10.3. The second kappa shape index (κ2) is 4.57. The van der Waals surface area contributed by atoms with Crippen LogP contribution in [0.1, 0.15) is 42.6 Å². The molecular formula is C14H18FNO. The molecule has 1 aromatic carbocycles. The van der Waals surface area contributed by atoms with Gasteiger partial charge in [-0.2, -0.15) is 0 Å². The van der Waals surface area contributed by atoms with Gasteiger partial charge in [0.05, 0.1) is 0 Å². The fraction of sp³-hybridized carbons (Fsp3) is 0.500. The molecule has 1 N–H and O–H groups in total. The Hall–Kier alpha value is -1.22. The number of nitrogens with one attached hydrogen (secondary N) is 1. The highest BCUT2D eigenvalue weighted by molar-refractivity contribution is 5.95. The molecular weight excluding hydrogens is 217 g/mol. The topological polar surface area (TPSA) is 29.1 Å². The number of ketones is 1. The van der Waals surface area contributed by atoms with Crippen LogP contribution in [-0.2, 0) is 5.41 Å². The van der Waals surface area contributed by atoms with Gasteiger partial charge in [0, 0.05) is 5.56 Å². The first-order valence-electron chi connectivity index (χ1n) is 6.05. The predicted octanol–water partition coefficient (Wildman–Crippen LogP) is 2.67. The molecule has 1 saturated heterocycles. The van der Waals surface area contributed by atoms with E-state index in [9.17, 15) is 9.18 Å². The van der Waals surface area contributed by atoms with Crippen LogP contribution in [-0.4, -0.2) is 18.9 Å². The molecule has 0 unspecified atom stereocenters. The summed E-state index contributed by atoms with van der Waals surface area (Å²) < 4.78 is 13.4. The third-order valence-electron chi connectivity index (χ3n) is 3.72. The zero-order valence-corrected chi connectivity index (χ0v) is 10.3. The van der Waals surface area contributed by atoms with Crippen molar-refractivity contribution in [1.29, 1.82) is 0 Å². The predicted molar refractivity (Wildman–Crippen MR) is 65.9 cm³/mol. The fourth-order valence-electron chi connectivity index (χ4n) is 2.57. The van der Waals surface area contributed by atoms with Crippen molar-refractivity contribution < 1.29 is 9.18 Å². The van der Waals surface area contributed by atoms with E-state index < -0.39 is 0 Å². The van der Waals surface area contributed by atoms with Crippen LogP contribution in [0.2, 0.25) is 0 Å². The largest absolute Gasteiger partial charge is 0.317 e. The van der Waals surface area contributed by atoms with E-state index in [0.717, 1.165) is 31.5 Å². The normalized spacial score (nSPS) is 19.0. The lowest BCUT2D eigenvalue weighted by atomic mass is 9.73. The van der Waals surface area contributed by atoms with Gasteiger partial charge < -0.3 is 5.32 Å². The van der Waals surface area contributed by atoms with Crippen molar-refractivity contribution in [3.05, 3.63) is 35.1 Å². The number of carbonyl (C=O) groups is 1. The summed E-state index contributed by atoms with van der Waals surface area (Å²) in [6.45, 7) is 5.50. The summed E-state index contributed by atoms with van der Waals surface area (Å²) in [6.07, 6.45) is 1.88. The molecule has 0 spiro atoms. The lowest BCUT2D eigenvalue weighted by molar-refractivity contribution is 0.101. The van der Waals surface area contributed by atoms with E-state index in [1.54, 1.807) is 13.0 Å². The Labute approximate surface area is 101 Å². The molecule has 92 valence electrons. The summed E-state index contributed by atoms with van der Waals surface area (Å²) in [6, 6.07) is 4.51. The Bertz CT molecular complexity index is 436. The van der Waals surface area contributed by atoms with E-state index in [4.69, 9.17) is 0 Å². The van der Waals surface area contributed by atoms with Crippen LogP contribution < -0.4 is 5.32 Å². The van der Waals surface area contributed by atoms with Gasteiger partial charge in [-0.3, -0.25) is 4.79 Å². The van der Waals surface area contributed by atoms with Crippen molar-refractivity contribution in [1.82, 2.24) is 5.32 Å². The lowest BCUT2D eigenvalue weighted by Crippen LogP contribution is -2.38. The Morgan fingerprint density at radius 3 is 2.59 bits per heavy atom. The molecule has 0 amide bonds. The number of Topliss-reactive ketones (excluding diaryl/α,β-unsaturated/α-hetero) is 1. The molecule has 1 aromatic rings. The summed E-state index contributed by atoms with van der Waals surface area (Å²) in [5, 5.41) is 3.29. The SMILES string of the molecule is CC(=O)c1ccc(F)cc1C1(C)CCNCC1. The van der Waals surface area contributed by atoms with Gasteiger partial charge in [0.1, 0.15) is 5.82 Å². The maximum absolute atomic E-state index is 13.4. The van der Waals surface area contributed by atoms with E-state index in [-0.39, 0.29) is 17.0 Å². The standard InChI is InChI=1S/C14H18FNO/c1-10(17)12-4-3-11(15)9-13(12)14(2)5-7-16-8-6-14/h3-4,9,16H,5-8H2,1-2H3. The van der Waals surface area contributed by atoms with Crippen molar-refractivity contribution >= 4 is 5.78 Å². The van der Waals surface area contributed by atoms with Crippen LogP contribution in [0, 0.1) is 5.82 Å². The van der Waals surface area contributed by atoms with Crippen molar-refractivity contribution in [2.45, 2.75) is 32.1 Å². The van der Waals surface area contributed by atoms with Crippen LogP contribution in [0.4, 0.5) is 4.39 Å². The lowest BCUT2D eigenvalue weighted by Gasteiger charge is -2.35. The van der Waals surface area contributed by atoms with E-state index in [1.165, 1.54) is 12.1 Å². The van der Waals surface area contributed by atoms with Gasteiger partial charge in [0.2, 0.25) is 0 Å². The molecule has 0 atom stereocenters. The number of carbonyl (C=O) groups excluding carboxylic acids is 1. The van der Waals surface area contributed by atoms with Crippen LogP contribution in [0.25, 0.3) is 0 Å². The smallest absolute Gasteiger partial charge is 0.160 e. The van der Waals surface area contributed by atoms with Crippen LogP contribution in [0.5, 0.6) is 0 Å². The molecule has 0 radical (unpaired) electrons. The maximum atomic E-state index is 13.4. The maximum Gasteiger partial charge on any atom is 0.160 e. The summed E-state index contributed by atoms with van der Waals surface area (Å²) in [5.41, 5.74) is 1.44. The van der Waals surface area contributed by atoms with E-state index in [1.807, 2.05) is 0 Å². The molecule has 3 heteroatoms. The Morgan fingerprint density at radius 1 is 1.35 bits per heavy atom. The van der Waals surface area contributed by atoms with Gasteiger partial charge in [-0.15, -0.1) is 0 Å². The fourth-order valence-corrected chi connectivity index (χ4v) is 2.57. The molecule has 1 fully saturated rings. The monoisotopic (exact) mass is 235 g/mol. The highest BCUT2D eigenvalue weighted by Crippen LogP contribution is 2.35. The number of hydrogen-bond donors (Lipinski definition) is 1. The highest BCUT2D eigenvalue weighted by Gasteiger charge is 2.31. The number of hydrogen-bond acceptors (Lipinski definition) is 2. The van der Waals surface area contributed by atoms with Crippen molar-refractivity contribution in [3.63, 3.8) is 0 Å². The molecule has 2 rings (SSSR count). The Morgan fingerprint density at radius 2 is 2.00 bits per heavy atom. The minimum absolute atomic E-state index is 0.0137. The highest BCUT2D eigenvalue weighted by atomic mass is 19.1. The van der Waals surface area contributed by atoms with Gasteiger partial charge >= 0.3 is 0 Å². The zero-order chi connectivity index (χ0) is 12.5. The summed E-state index contributed by atoms with van der Waals surface area (Å²) in [4.78, 5) is 11.6. The van der Waals surface area contributed by atoms with Crippen molar-refractivity contribution in [2.24, 2.45) is 0 Å². The van der Waals surface area contributed by atoms with Crippen LogP contribution >= 0.6 is 0 Å².